The lowest BCUT2D eigenvalue weighted by atomic mass is 10.0. The molecule has 1 aromatic heterocycles. The number of aromatic carboxylic acids is 1. The molecule has 1 fully saturated rings. The average molecular weight is 332 g/mol. The Kier molecular flexibility index (Phi) is 4.72. The van der Waals surface area contributed by atoms with Crippen LogP contribution in [0.15, 0.2) is 10.3 Å². The topological polar surface area (TPSA) is 86.7 Å². The number of thiophene rings is 1. The van der Waals surface area contributed by atoms with Gasteiger partial charge < -0.3 is 5.11 Å². The molecule has 2 heterocycles. The number of carbonyl (C=O) groups is 1. The fraction of sp³-hybridized carbons (Fsp3) is 0.615. The molecule has 0 bridgehead atoms. The van der Waals surface area contributed by atoms with Gasteiger partial charge in [-0.3, -0.25) is 0 Å². The molecular formula is C13H20N2O4S2. The van der Waals surface area contributed by atoms with E-state index in [4.69, 9.17) is 5.11 Å². The number of hydrazine groups is 1. The maximum atomic E-state index is 12.6. The van der Waals surface area contributed by atoms with Crippen molar-refractivity contribution >= 4 is 27.3 Å². The molecule has 2 atom stereocenters. The molecule has 21 heavy (non-hydrogen) atoms. The van der Waals surface area contributed by atoms with E-state index in [-0.39, 0.29) is 21.9 Å². The van der Waals surface area contributed by atoms with E-state index in [9.17, 15) is 13.2 Å². The van der Waals surface area contributed by atoms with Crippen molar-refractivity contribution in [2.45, 2.75) is 57.0 Å². The SMILES string of the molecule is Cc1csc(C(=O)O)c1S(=O)(=O)NN1C(C)CCCC1C. The lowest BCUT2D eigenvalue weighted by Gasteiger charge is -2.38. The Labute approximate surface area is 128 Å². The van der Waals surface area contributed by atoms with E-state index in [0.29, 0.717) is 5.56 Å². The van der Waals surface area contributed by atoms with Crippen molar-refractivity contribution in [3.05, 3.63) is 15.8 Å². The Morgan fingerprint density at radius 1 is 1.38 bits per heavy atom. The van der Waals surface area contributed by atoms with Crippen LogP contribution < -0.4 is 4.83 Å². The summed E-state index contributed by atoms with van der Waals surface area (Å²) in [5.41, 5.74) is 0.460. The van der Waals surface area contributed by atoms with E-state index >= 15 is 0 Å². The Bertz CT molecular complexity index is 629. The molecule has 8 heteroatoms. The standard InChI is InChI=1S/C13H20N2O4S2/c1-8-7-20-11(13(16)17)12(8)21(18,19)14-15-9(2)5-4-6-10(15)3/h7,9-10,14H,4-6H2,1-3H3,(H,16,17). The quantitative estimate of drug-likeness (QED) is 0.883. The summed E-state index contributed by atoms with van der Waals surface area (Å²) in [5.74, 6) is -1.21. The Morgan fingerprint density at radius 2 is 1.95 bits per heavy atom. The van der Waals surface area contributed by atoms with Gasteiger partial charge in [0.2, 0.25) is 0 Å². The lowest BCUT2D eigenvalue weighted by molar-refractivity contribution is 0.0696. The maximum absolute atomic E-state index is 12.6. The molecule has 0 aromatic carbocycles. The third kappa shape index (κ3) is 3.28. The van der Waals surface area contributed by atoms with Crippen molar-refractivity contribution < 1.29 is 18.3 Å². The number of nitrogens with zero attached hydrogens (tertiary/aromatic N) is 1. The molecule has 0 radical (unpaired) electrons. The molecule has 0 spiro atoms. The highest BCUT2D eigenvalue weighted by Crippen LogP contribution is 2.28. The van der Waals surface area contributed by atoms with E-state index in [1.165, 1.54) is 0 Å². The van der Waals surface area contributed by atoms with E-state index in [0.717, 1.165) is 30.6 Å². The molecule has 2 unspecified atom stereocenters. The van der Waals surface area contributed by atoms with Crippen LogP contribution in [0.2, 0.25) is 0 Å². The molecule has 0 saturated carbocycles. The van der Waals surface area contributed by atoms with E-state index in [2.05, 4.69) is 4.83 Å². The zero-order valence-electron chi connectivity index (χ0n) is 12.3. The van der Waals surface area contributed by atoms with Crippen LogP contribution in [-0.4, -0.2) is 36.6 Å². The number of carboxylic acid groups (broad SMARTS) is 1. The first-order chi connectivity index (χ1) is 9.74. The number of sulfonamides is 1. The fourth-order valence-electron chi connectivity index (χ4n) is 2.70. The molecule has 118 valence electrons. The van der Waals surface area contributed by atoms with Gasteiger partial charge >= 0.3 is 5.97 Å². The molecule has 2 rings (SSSR count). The number of piperidine rings is 1. The minimum atomic E-state index is -3.88. The number of aryl methyl sites for hydroxylation is 1. The summed E-state index contributed by atoms with van der Waals surface area (Å²) in [6.07, 6.45) is 2.90. The minimum Gasteiger partial charge on any atom is -0.477 e. The molecular weight excluding hydrogens is 312 g/mol. The van der Waals surface area contributed by atoms with Crippen LogP contribution in [0.25, 0.3) is 0 Å². The zero-order chi connectivity index (χ0) is 15.8. The summed E-state index contributed by atoms with van der Waals surface area (Å²) < 4.78 is 25.2. The predicted molar refractivity (Wildman–Crippen MR) is 81.0 cm³/mol. The molecule has 0 aliphatic carbocycles. The summed E-state index contributed by atoms with van der Waals surface area (Å²) in [5, 5.41) is 12.4. The smallest absolute Gasteiger partial charge is 0.347 e. The first-order valence-electron chi connectivity index (χ1n) is 6.86. The molecule has 2 N–H and O–H groups in total. The second-order valence-electron chi connectivity index (χ2n) is 5.51. The molecule has 1 aliphatic heterocycles. The van der Waals surface area contributed by atoms with E-state index < -0.39 is 16.0 Å². The lowest BCUT2D eigenvalue weighted by Crippen LogP contribution is -2.54. The second kappa shape index (κ2) is 6.04. The van der Waals surface area contributed by atoms with Crippen LogP contribution in [0.5, 0.6) is 0 Å². The van der Waals surface area contributed by atoms with Gasteiger partial charge in [0.1, 0.15) is 9.77 Å². The van der Waals surface area contributed by atoms with E-state index in [1.807, 2.05) is 13.8 Å². The Morgan fingerprint density at radius 3 is 2.48 bits per heavy atom. The Balaban J connectivity index is 2.35. The number of carboxylic acids is 1. The van der Waals surface area contributed by atoms with Crippen molar-refractivity contribution in [3.63, 3.8) is 0 Å². The number of nitrogens with one attached hydrogen (secondary N) is 1. The number of hydrogen-bond donors (Lipinski definition) is 2. The van der Waals surface area contributed by atoms with Gasteiger partial charge in [0.15, 0.2) is 0 Å². The number of rotatable bonds is 4. The zero-order valence-corrected chi connectivity index (χ0v) is 13.9. The van der Waals surface area contributed by atoms with Crippen LogP contribution in [0.4, 0.5) is 0 Å². The highest BCUT2D eigenvalue weighted by atomic mass is 32.2. The molecule has 1 saturated heterocycles. The van der Waals surface area contributed by atoms with Gasteiger partial charge in [0, 0.05) is 12.1 Å². The van der Waals surface area contributed by atoms with Crippen molar-refractivity contribution in [2.24, 2.45) is 0 Å². The van der Waals surface area contributed by atoms with Crippen molar-refractivity contribution in [1.29, 1.82) is 0 Å². The Hall–Kier alpha value is -0.960. The van der Waals surface area contributed by atoms with Gasteiger partial charge in [-0.25, -0.2) is 18.2 Å². The molecule has 6 nitrogen and oxygen atoms in total. The fourth-order valence-corrected chi connectivity index (χ4v) is 5.57. The highest BCUT2D eigenvalue weighted by molar-refractivity contribution is 7.89. The molecule has 0 amide bonds. The third-order valence-corrected chi connectivity index (χ3v) is 6.53. The summed E-state index contributed by atoms with van der Waals surface area (Å²) in [6.45, 7) is 5.55. The first kappa shape index (κ1) is 16.4. The largest absolute Gasteiger partial charge is 0.477 e. The van der Waals surface area contributed by atoms with Gasteiger partial charge in [-0.05, 0) is 44.6 Å². The molecule has 1 aliphatic rings. The van der Waals surface area contributed by atoms with E-state index in [1.54, 1.807) is 17.3 Å². The van der Waals surface area contributed by atoms with Crippen molar-refractivity contribution in [3.8, 4) is 0 Å². The van der Waals surface area contributed by atoms with Crippen LogP contribution in [0.3, 0.4) is 0 Å². The minimum absolute atomic E-state index is 0.0933. The molecule has 1 aromatic rings. The summed E-state index contributed by atoms with van der Waals surface area (Å²) in [7, 11) is -3.88. The first-order valence-corrected chi connectivity index (χ1v) is 9.22. The van der Waals surface area contributed by atoms with Crippen LogP contribution in [-0.2, 0) is 10.0 Å². The maximum Gasteiger partial charge on any atom is 0.347 e. The third-order valence-electron chi connectivity index (χ3n) is 3.80. The normalized spacial score (nSPS) is 24.1. The highest BCUT2D eigenvalue weighted by Gasteiger charge is 2.33. The van der Waals surface area contributed by atoms with Crippen molar-refractivity contribution in [1.82, 2.24) is 9.84 Å². The van der Waals surface area contributed by atoms with Gasteiger partial charge in [-0.15, -0.1) is 16.2 Å². The second-order valence-corrected chi connectivity index (χ2v) is 7.99. The summed E-state index contributed by atoms with van der Waals surface area (Å²) in [4.78, 5) is 13.5. The number of hydrogen-bond acceptors (Lipinski definition) is 5. The van der Waals surface area contributed by atoms with Crippen LogP contribution in [0.1, 0.15) is 48.3 Å². The van der Waals surface area contributed by atoms with Gasteiger partial charge in [-0.1, -0.05) is 6.42 Å². The van der Waals surface area contributed by atoms with Gasteiger partial charge in [0.25, 0.3) is 10.0 Å². The van der Waals surface area contributed by atoms with Crippen LogP contribution in [0, 0.1) is 6.92 Å². The predicted octanol–water partition coefficient (Wildman–Crippen LogP) is 2.21. The van der Waals surface area contributed by atoms with Gasteiger partial charge in [-0.2, -0.15) is 0 Å². The van der Waals surface area contributed by atoms with Gasteiger partial charge in [0.05, 0.1) is 0 Å². The van der Waals surface area contributed by atoms with Crippen molar-refractivity contribution in [2.75, 3.05) is 0 Å². The monoisotopic (exact) mass is 332 g/mol. The van der Waals surface area contributed by atoms with Crippen LogP contribution >= 0.6 is 11.3 Å². The summed E-state index contributed by atoms with van der Waals surface area (Å²) in [6, 6.07) is 0.187. The summed E-state index contributed by atoms with van der Waals surface area (Å²) >= 11 is 0.938. The average Bonchev–Trinajstić information content (AvgIpc) is 2.77.